The zero-order valence-corrected chi connectivity index (χ0v) is 7.76. The van der Waals surface area contributed by atoms with Crippen molar-refractivity contribution in [1.29, 1.82) is 0 Å². The van der Waals surface area contributed by atoms with E-state index in [2.05, 4.69) is 25.3 Å². The molecule has 0 aliphatic rings. The molecule has 0 atom stereocenters. The molecule has 2 N–H and O–H groups in total. The molecule has 0 unspecified atom stereocenters. The lowest BCUT2D eigenvalue weighted by Crippen LogP contribution is -1.80. The van der Waals surface area contributed by atoms with E-state index in [0.29, 0.717) is 5.92 Å². The molecular weight excluding hydrogens is 162 g/mol. The minimum atomic E-state index is 0.622. The monoisotopic (exact) mass is 173 g/mol. The Morgan fingerprint density at radius 2 is 2.30 bits per heavy atom. The fraction of sp³-hybridized carbons (Fsp3) is 0.429. The van der Waals surface area contributed by atoms with Crippen molar-refractivity contribution in [2.24, 2.45) is 5.14 Å². The molecule has 1 rings (SSSR count). The highest BCUT2D eigenvalue weighted by Crippen LogP contribution is 2.26. The van der Waals surface area contributed by atoms with Crippen LogP contribution in [0.4, 0.5) is 0 Å². The van der Waals surface area contributed by atoms with Gasteiger partial charge in [-0.05, 0) is 34.9 Å². The van der Waals surface area contributed by atoms with E-state index in [-0.39, 0.29) is 0 Å². The maximum atomic E-state index is 5.39. The molecule has 1 aromatic heterocycles. The molecule has 0 radical (unpaired) electrons. The molecule has 0 spiro atoms. The average Bonchev–Trinajstić information content (AvgIpc) is 2.34. The summed E-state index contributed by atoms with van der Waals surface area (Å²) in [6, 6.07) is 2.15. The summed E-state index contributed by atoms with van der Waals surface area (Å²) in [5.74, 6) is 0.622. The summed E-state index contributed by atoms with van der Waals surface area (Å²) >= 11 is 3.04. The van der Waals surface area contributed by atoms with Crippen LogP contribution in [-0.4, -0.2) is 0 Å². The second kappa shape index (κ2) is 3.42. The molecular formula is C7H11NS2. The molecule has 10 heavy (non-hydrogen) atoms. The third-order valence-corrected chi connectivity index (χ3v) is 3.05. The lowest BCUT2D eigenvalue weighted by Gasteiger charge is -1.96. The van der Waals surface area contributed by atoms with Crippen molar-refractivity contribution in [2.45, 2.75) is 24.0 Å². The second-order valence-corrected chi connectivity index (χ2v) is 4.32. The maximum absolute atomic E-state index is 5.39. The van der Waals surface area contributed by atoms with Gasteiger partial charge in [-0.2, -0.15) is 0 Å². The fourth-order valence-electron chi connectivity index (χ4n) is 0.695. The van der Waals surface area contributed by atoms with Crippen molar-refractivity contribution in [3.8, 4) is 0 Å². The van der Waals surface area contributed by atoms with Crippen LogP contribution in [0, 0.1) is 0 Å². The van der Waals surface area contributed by atoms with E-state index >= 15 is 0 Å². The maximum Gasteiger partial charge on any atom is 0.0752 e. The summed E-state index contributed by atoms with van der Waals surface area (Å²) in [6.07, 6.45) is 0. The van der Waals surface area contributed by atoms with Crippen LogP contribution in [0.25, 0.3) is 0 Å². The number of hydrogen-bond acceptors (Lipinski definition) is 3. The molecule has 0 aromatic carbocycles. The van der Waals surface area contributed by atoms with E-state index in [9.17, 15) is 0 Å². The first kappa shape index (κ1) is 8.11. The zero-order chi connectivity index (χ0) is 7.56. The van der Waals surface area contributed by atoms with Crippen LogP contribution in [0.2, 0.25) is 0 Å². The van der Waals surface area contributed by atoms with Crippen LogP contribution in [0.15, 0.2) is 15.7 Å². The van der Waals surface area contributed by atoms with Crippen LogP contribution in [0.5, 0.6) is 0 Å². The first-order valence-corrected chi connectivity index (χ1v) is 4.95. The predicted octanol–water partition coefficient (Wildman–Crippen LogP) is 2.84. The molecule has 0 aliphatic heterocycles. The summed E-state index contributed by atoms with van der Waals surface area (Å²) in [4.78, 5) is 0. The number of nitrogens with two attached hydrogens (primary N) is 1. The van der Waals surface area contributed by atoms with Gasteiger partial charge in [0, 0.05) is 0 Å². The number of thiophene rings is 1. The van der Waals surface area contributed by atoms with Gasteiger partial charge in [-0.15, -0.1) is 11.3 Å². The first-order chi connectivity index (χ1) is 4.74. The lowest BCUT2D eigenvalue weighted by atomic mass is 10.1. The SMILES string of the molecule is CC(C)c1csc(SN)c1. The van der Waals surface area contributed by atoms with Gasteiger partial charge in [0.05, 0.1) is 4.21 Å². The van der Waals surface area contributed by atoms with E-state index in [1.165, 1.54) is 21.7 Å². The summed E-state index contributed by atoms with van der Waals surface area (Å²) in [5, 5.41) is 7.56. The van der Waals surface area contributed by atoms with E-state index in [4.69, 9.17) is 5.14 Å². The zero-order valence-electron chi connectivity index (χ0n) is 6.13. The van der Waals surface area contributed by atoms with Crippen molar-refractivity contribution in [2.75, 3.05) is 0 Å². The highest BCUT2D eigenvalue weighted by molar-refractivity contribution is 7.99. The topological polar surface area (TPSA) is 26.0 Å². The molecule has 1 nitrogen and oxygen atoms in total. The highest BCUT2D eigenvalue weighted by atomic mass is 32.2. The minimum Gasteiger partial charge on any atom is -0.273 e. The van der Waals surface area contributed by atoms with Crippen molar-refractivity contribution < 1.29 is 0 Å². The smallest absolute Gasteiger partial charge is 0.0752 e. The molecule has 0 fully saturated rings. The molecule has 3 heteroatoms. The molecule has 0 bridgehead atoms. The Hall–Kier alpha value is 0.01000. The van der Waals surface area contributed by atoms with Crippen LogP contribution in [-0.2, 0) is 0 Å². The molecule has 1 heterocycles. The Balaban J connectivity index is 2.78. The highest BCUT2D eigenvalue weighted by Gasteiger charge is 2.01. The van der Waals surface area contributed by atoms with Crippen molar-refractivity contribution in [3.63, 3.8) is 0 Å². The second-order valence-electron chi connectivity index (χ2n) is 2.47. The van der Waals surface area contributed by atoms with Crippen LogP contribution < -0.4 is 5.14 Å². The molecule has 0 saturated heterocycles. The number of hydrogen-bond donors (Lipinski definition) is 1. The van der Waals surface area contributed by atoms with Gasteiger partial charge in [-0.1, -0.05) is 13.8 Å². The van der Waals surface area contributed by atoms with Crippen molar-refractivity contribution in [3.05, 3.63) is 17.0 Å². The van der Waals surface area contributed by atoms with Gasteiger partial charge in [-0.25, -0.2) is 0 Å². The molecule has 0 amide bonds. The van der Waals surface area contributed by atoms with Gasteiger partial charge in [0.25, 0.3) is 0 Å². The summed E-state index contributed by atoms with van der Waals surface area (Å²) in [5.41, 5.74) is 1.39. The third kappa shape index (κ3) is 1.75. The molecule has 0 saturated carbocycles. The van der Waals surface area contributed by atoms with Gasteiger partial charge in [0.2, 0.25) is 0 Å². The van der Waals surface area contributed by atoms with E-state index in [0.717, 1.165) is 0 Å². The van der Waals surface area contributed by atoms with Crippen LogP contribution in [0.3, 0.4) is 0 Å². The molecule has 56 valence electrons. The van der Waals surface area contributed by atoms with Crippen molar-refractivity contribution in [1.82, 2.24) is 0 Å². The van der Waals surface area contributed by atoms with Crippen LogP contribution in [0.1, 0.15) is 25.3 Å². The minimum absolute atomic E-state index is 0.622. The number of rotatable bonds is 2. The summed E-state index contributed by atoms with van der Waals surface area (Å²) in [7, 11) is 0. The lowest BCUT2D eigenvalue weighted by molar-refractivity contribution is 0.870. The third-order valence-electron chi connectivity index (χ3n) is 1.38. The average molecular weight is 173 g/mol. The van der Waals surface area contributed by atoms with E-state index < -0.39 is 0 Å². The molecule has 0 aliphatic carbocycles. The fourth-order valence-corrected chi connectivity index (χ4v) is 2.06. The first-order valence-electron chi connectivity index (χ1n) is 3.19. The van der Waals surface area contributed by atoms with Gasteiger partial charge in [0.1, 0.15) is 0 Å². The predicted molar refractivity (Wildman–Crippen MR) is 48.5 cm³/mol. The van der Waals surface area contributed by atoms with Gasteiger partial charge < -0.3 is 0 Å². The van der Waals surface area contributed by atoms with Gasteiger partial charge in [0.15, 0.2) is 0 Å². The largest absolute Gasteiger partial charge is 0.273 e. The normalized spacial score (nSPS) is 10.8. The Morgan fingerprint density at radius 1 is 1.60 bits per heavy atom. The Kier molecular flexibility index (Phi) is 2.77. The summed E-state index contributed by atoms with van der Waals surface area (Å²) < 4.78 is 1.20. The Labute approximate surface area is 69.8 Å². The van der Waals surface area contributed by atoms with Gasteiger partial charge >= 0.3 is 0 Å². The Bertz CT molecular complexity index is 205. The summed E-state index contributed by atoms with van der Waals surface area (Å²) in [6.45, 7) is 4.38. The standard InChI is InChI=1S/C7H11NS2/c1-5(2)6-3-7(10-8)9-4-6/h3-5H,8H2,1-2H3. The van der Waals surface area contributed by atoms with Gasteiger partial charge in [-0.3, -0.25) is 5.14 Å². The molecule has 1 aromatic rings. The van der Waals surface area contributed by atoms with Crippen molar-refractivity contribution >= 4 is 23.3 Å². The van der Waals surface area contributed by atoms with E-state index in [1.807, 2.05) is 0 Å². The quantitative estimate of drug-likeness (QED) is 0.696. The van der Waals surface area contributed by atoms with E-state index in [1.54, 1.807) is 11.3 Å². The Morgan fingerprint density at radius 3 is 2.60 bits per heavy atom. The van der Waals surface area contributed by atoms with Crippen LogP contribution >= 0.6 is 23.3 Å².